The van der Waals surface area contributed by atoms with E-state index < -0.39 is 52.9 Å². The summed E-state index contributed by atoms with van der Waals surface area (Å²) in [5.41, 5.74) is 3.11. The Morgan fingerprint density at radius 1 is 0.451 bits per heavy atom. The molecule has 0 aliphatic rings. The lowest BCUT2D eigenvalue weighted by atomic mass is 10.1. The molecular formula is C74H72F7I5N2O14. The first-order valence-electron chi connectivity index (χ1n) is 29.4. The molecule has 102 heavy (non-hydrogen) atoms. The molecule has 0 spiro atoms. The zero-order chi connectivity index (χ0) is 77.9. The van der Waals surface area contributed by atoms with E-state index in [4.69, 9.17) is 41.0 Å². The Labute approximate surface area is 654 Å². The molecule has 0 aliphatic heterocycles. The number of aromatic hydroxyl groups is 4. The molecular weight excluding hydrogens is 1910 g/mol. The lowest BCUT2D eigenvalue weighted by Gasteiger charge is -2.12. The van der Waals surface area contributed by atoms with E-state index >= 15 is 0 Å². The van der Waals surface area contributed by atoms with Crippen molar-refractivity contribution < 1.29 is 99.9 Å². The molecule has 0 saturated heterocycles. The van der Waals surface area contributed by atoms with E-state index in [1.54, 1.807) is 80.6 Å². The van der Waals surface area contributed by atoms with Crippen molar-refractivity contribution in [2.75, 3.05) is 28.3 Å². The number of aromatic carboxylic acids is 2. The molecule has 0 aromatic heterocycles. The number of methoxy groups -OCH3 is 2. The first-order chi connectivity index (χ1) is 47.8. The normalized spacial score (nSPS) is 9.63. The van der Waals surface area contributed by atoms with Crippen LogP contribution in [0.1, 0.15) is 85.2 Å². The fourth-order valence-corrected chi connectivity index (χ4v) is 8.78. The number of esters is 2. The summed E-state index contributed by atoms with van der Waals surface area (Å²) in [6.07, 6.45) is 1.06. The van der Waals surface area contributed by atoms with E-state index in [0.717, 1.165) is 45.0 Å². The molecule has 0 atom stereocenters. The second kappa shape index (κ2) is 51.3. The highest BCUT2D eigenvalue weighted by atomic mass is 127. The molecule has 7 N–H and O–H groups in total. The number of ether oxygens (including phenoxy) is 2. The summed E-state index contributed by atoms with van der Waals surface area (Å²) in [6, 6.07) is 46.2. The summed E-state index contributed by atoms with van der Waals surface area (Å²) < 4.78 is 102. The number of aryl methyl sites for hydroxylation is 3. The molecule has 16 nitrogen and oxygen atoms in total. The van der Waals surface area contributed by atoms with Gasteiger partial charge in [-0.05, 0) is 304 Å². The number of halogens is 12. The van der Waals surface area contributed by atoms with Crippen LogP contribution in [-0.4, -0.2) is 105 Å². The van der Waals surface area contributed by atoms with Crippen molar-refractivity contribution in [2.45, 2.75) is 66.3 Å². The van der Waals surface area contributed by atoms with Crippen molar-refractivity contribution in [3.05, 3.63) is 285 Å². The summed E-state index contributed by atoms with van der Waals surface area (Å²) in [5, 5.41) is 68.7. The lowest BCUT2D eigenvalue weighted by molar-refractivity contribution is -0.140. The fraction of sp³-hybridized carbons (Fsp3) is 0.189. The highest BCUT2D eigenvalue weighted by Crippen LogP contribution is 2.19. The van der Waals surface area contributed by atoms with Crippen LogP contribution in [0.2, 0.25) is 0 Å². The smallest absolute Gasteiger partial charge is 0.340 e. The van der Waals surface area contributed by atoms with Crippen LogP contribution in [0.15, 0.2) is 176 Å². The summed E-state index contributed by atoms with van der Waals surface area (Å²) in [6.45, 7) is 9.80. The fourth-order valence-electron chi connectivity index (χ4n) is 6.51. The molecule has 546 valence electrons. The largest absolute Gasteiger partial charge is 0.508 e. The number of phenolic OH excluding ortho intramolecular Hbond substituents is 4. The number of carbonyl (C=O) groups excluding carboxylic acids is 2. The molecule has 0 radical (unpaired) electrons. The SMILES string of the molecule is CC(C)N(C)C.CCc1cccc(O)c1.COC(=O)Cc1ccc(I)cc1F.COC(=O)c1ccc(I)cc1F.Cc1ccc(I)cc1F.Cc1ccc(O)cc1F.N#CCc1ccc(I)cc1F.O=C(O)Cc1cccc(O)c1.O=C(O)c1ccc(I)cc1F.O=C(O)c1ccc(O)cc1F. The van der Waals surface area contributed by atoms with E-state index in [-0.39, 0.29) is 70.9 Å². The Morgan fingerprint density at radius 2 is 0.794 bits per heavy atom. The number of nitriles is 1. The zero-order valence-corrected chi connectivity index (χ0v) is 66.9. The number of hydrogen-bond donors (Lipinski definition) is 7. The number of aliphatic carboxylic acids is 1. The number of rotatable bonds is 10. The molecule has 0 saturated carbocycles. The van der Waals surface area contributed by atoms with Gasteiger partial charge in [-0.1, -0.05) is 55.5 Å². The van der Waals surface area contributed by atoms with Crippen LogP contribution in [0.5, 0.6) is 23.0 Å². The van der Waals surface area contributed by atoms with E-state index in [1.807, 2.05) is 115 Å². The number of carboxylic acids is 3. The number of hydrogen-bond acceptors (Lipinski definition) is 13. The van der Waals surface area contributed by atoms with Crippen molar-refractivity contribution in [1.82, 2.24) is 4.90 Å². The van der Waals surface area contributed by atoms with Gasteiger partial charge >= 0.3 is 29.8 Å². The Balaban J connectivity index is 0.00000112. The van der Waals surface area contributed by atoms with Gasteiger partial charge in [-0.2, -0.15) is 5.26 Å². The first-order valence-corrected chi connectivity index (χ1v) is 34.7. The molecule has 0 heterocycles. The van der Waals surface area contributed by atoms with Crippen molar-refractivity contribution in [3.8, 4) is 29.1 Å². The maximum Gasteiger partial charge on any atom is 0.340 e. The van der Waals surface area contributed by atoms with Gasteiger partial charge in [-0.15, -0.1) is 0 Å². The van der Waals surface area contributed by atoms with Crippen LogP contribution in [0.4, 0.5) is 30.7 Å². The van der Waals surface area contributed by atoms with E-state index in [1.165, 1.54) is 86.5 Å². The monoisotopic (exact) mass is 1980 g/mol. The quantitative estimate of drug-likeness (QED) is 0.0381. The summed E-state index contributed by atoms with van der Waals surface area (Å²) in [7, 11) is 6.65. The van der Waals surface area contributed by atoms with E-state index in [2.05, 4.69) is 71.8 Å². The Morgan fingerprint density at radius 3 is 1.13 bits per heavy atom. The highest BCUT2D eigenvalue weighted by Gasteiger charge is 2.13. The summed E-state index contributed by atoms with van der Waals surface area (Å²) in [5.74, 6) is -7.73. The first kappa shape index (κ1) is 94.1. The number of phenols is 4. The van der Waals surface area contributed by atoms with Gasteiger partial charge in [0.1, 0.15) is 63.7 Å². The molecule has 9 rings (SSSR count). The maximum absolute atomic E-state index is 13.1. The van der Waals surface area contributed by atoms with Crippen LogP contribution in [-0.2, 0) is 44.7 Å². The van der Waals surface area contributed by atoms with Crippen LogP contribution in [0.3, 0.4) is 0 Å². The van der Waals surface area contributed by atoms with Gasteiger partial charge in [-0.25, -0.2) is 45.1 Å². The molecule has 0 amide bonds. The van der Waals surface area contributed by atoms with Crippen molar-refractivity contribution in [3.63, 3.8) is 0 Å². The summed E-state index contributed by atoms with van der Waals surface area (Å²) >= 11 is 10.00. The van der Waals surface area contributed by atoms with Gasteiger partial charge in [0.25, 0.3) is 0 Å². The molecule has 0 fully saturated rings. The van der Waals surface area contributed by atoms with Gasteiger partial charge in [0.15, 0.2) is 0 Å². The predicted octanol–water partition coefficient (Wildman–Crippen LogP) is 18.7. The second-order valence-corrected chi connectivity index (χ2v) is 27.0. The van der Waals surface area contributed by atoms with Gasteiger partial charge in [0, 0.05) is 41.6 Å². The van der Waals surface area contributed by atoms with Gasteiger partial charge in [-0.3, -0.25) is 9.59 Å². The third-order valence-electron chi connectivity index (χ3n) is 12.5. The molecule has 28 heteroatoms. The third-order valence-corrected chi connectivity index (χ3v) is 15.8. The van der Waals surface area contributed by atoms with Crippen LogP contribution in [0, 0.1) is 83.8 Å². The number of benzene rings is 9. The minimum Gasteiger partial charge on any atom is -0.508 e. The number of nitrogens with zero attached hydrogens (tertiary/aromatic N) is 2. The minimum absolute atomic E-state index is 0.0146. The Bertz CT molecular complexity index is 4090. The van der Waals surface area contributed by atoms with Crippen molar-refractivity contribution in [1.29, 1.82) is 5.26 Å². The van der Waals surface area contributed by atoms with Crippen molar-refractivity contribution in [2.24, 2.45) is 0 Å². The van der Waals surface area contributed by atoms with Crippen LogP contribution in [0.25, 0.3) is 0 Å². The summed E-state index contributed by atoms with van der Waals surface area (Å²) in [4.78, 5) is 54.6. The number of carboxylic acid groups (broad SMARTS) is 3. The van der Waals surface area contributed by atoms with Crippen LogP contribution < -0.4 is 0 Å². The highest BCUT2D eigenvalue weighted by molar-refractivity contribution is 14.1. The van der Waals surface area contributed by atoms with Crippen molar-refractivity contribution >= 4 is 143 Å². The topological polar surface area (TPSA) is 272 Å². The number of carbonyl (C=O) groups is 5. The molecule has 0 unspecified atom stereocenters. The second-order valence-electron chi connectivity index (χ2n) is 20.7. The minimum atomic E-state index is -1.34. The van der Waals surface area contributed by atoms with E-state index in [9.17, 15) is 54.7 Å². The Kier molecular flexibility index (Phi) is 47.4. The van der Waals surface area contributed by atoms with E-state index in [0.29, 0.717) is 43.2 Å². The zero-order valence-electron chi connectivity index (χ0n) is 56.1. The van der Waals surface area contributed by atoms with Gasteiger partial charge < -0.3 is 50.1 Å². The molecule has 9 aromatic rings. The average molecular weight is 1980 g/mol. The molecule has 0 aliphatic carbocycles. The average Bonchev–Trinajstić information content (AvgIpc) is 0.881. The maximum atomic E-state index is 13.1. The molecule has 0 bridgehead atoms. The standard InChI is InChI=1S/C9H8FIO2.C8H5FIN.C8H6FIO2.C8H8O3.C8H10O.C7H4FIO2.C7H6FI.C7H5FO3.C7H7FO.C5H13N/c1-13-9(12)4-6-2-3-7(11)5-8(6)10;9-8-5-7(10)2-1-6(8)3-4-11;1-12-8(11)6-3-2-5(10)4-7(6)9;9-7-3-1-2-6(4-7)5-8(10)11;1-2-7-4-3-5-8(9)6-7;8-6-3-4(9)1-2-5(6)7(10)11;1-5-2-3-6(9)4-7(5)8;8-6-3-4(9)1-2-5(6)7(10)11;1-5-2-3-6(9)4-7(5)8;1-5(2)6(3)4/h2-3,5H,4H2,1H3;1-2,5H,3H2;2-4H,1H3;1-4,9H,5H2,(H,10,11);3-6,9H,2H2,1H3;1-3H,(H,10,11);2-4H,1H3;1-3,9H,(H,10,11);2-4,9H,1H3;5H,1-4H3. The van der Waals surface area contributed by atoms with Crippen LogP contribution >= 0.6 is 113 Å². The Hall–Kier alpha value is -7.86. The third kappa shape index (κ3) is 41.3. The van der Waals surface area contributed by atoms with Gasteiger partial charge in [0.05, 0.1) is 56.2 Å². The predicted molar refractivity (Wildman–Crippen MR) is 417 cm³/mol. The van der Waals surface area contributed by atoms with Gasteiger partial charge in [0.2, 0.25) is 0 Å². The molecule has 9 aromatic carbocycles. The lowest BCUT2D eigenvalue weighted by Crippen LogP contribution is -2.20.